The summed E-state index contributed by atoms with van der Waals surface area (Å²) in [5.74, 6) is -0.166. The molecular weight excluding hydrogens is 406 g/mol. The van der Waals surface area contributed by atoms with Gasteiger partial charge in [0.15, 0.2) is 5.11 Å². The highest BCUT2D eigenvalue weighted by molar-refractivity contribution is 7.80. The number of hydrogen-bond acceptors (Lipinski definition) is 3. The highest BCUT2D eigenvalue weighted by atomic mass is 32.1. The van der Waals surface area contributed by atoms with Crippen LogP contribution in [0, 0.1) is 0 Å². The Balaban J connectivity index is 1.71. The minimum absolute atomic E-state index is 0.0687. The summed E-state index contributed by atoms with van der Waals surface area (Å²) in [4.78, 5) is 26.8. The van der Waals surface area contributed by atoms with Crippen molar-refractivity contribution in [1.82, 2.24) is 5.32 Å². The van der Waals surface area contributed by atoms with Crippen molar-refractivity contribution in [3.05, 3.63) is 72.3 Å². The molecule has 0 unspecified atom stereocenters. The van der Waals surface area contributed by atoms with Gasteiger partial charge < -0.3 is 15.5 Å². The molecule has 3 aromatic rings. The van der Waals surface area contributed by atoms with Crippen LogP contribution in [-0.2, 0) is 4.79 Å². The SMILES string of the molecule is CCCCC(=O)NC(=S)Nc1ccc(C(=O)N(CC)c2cccc3ccccc23)cc1. The van der Waals surface area contributed by atoms with E-state index in [0.29, 0.717) is 24.2 Å². The molecule has 2 N–H and O–H groups in total. The lowest BCUT2D eigenvalue weighted by atomic mass is 10.1. The van der Waals surface area contributed by atoms with Crippen LogP contribution in [0.3, 0.4) is 0 Å². The molecule has 3 rings (SSSR count). The molecule has 160 valence electrons. The Morgan fingerprint density at radius 2 is 1.65 bits per heavy atom. The number of nitrogens with one attached hydrogen (secondary N) is 2. The second kappa shape index (κ2) is 10.7. The van der Waals surface area contributed by atoms with Crippen molar-refractivity contribution in [3.63, 3.8) is 0 Å². The molecule has 3 aromatic carbocycles. The van der Waals surface area contributed by atoms with Gasteiger partial charge in [0.25, 0.3) is 5.91 Å². The summed E-state index contributed by atoms with van der Waals surface area (Å²) < 4.78 is 0. The smallest absolute Gasteiger partial charge is 0.258 e. The van der Waals surface area contributed by atoms with Gasteiger partial charge in [0.2, 0.25) is 5.91 Å². The second-order valence-electron chi connectivity index (χ2n) is 7.23. The monoisotopic (exact) mass is 433 g/mol. The minimum atomic E-state index is -0.0974. The molecule has 6 heteroatoms. The van der Waals surface area contributed by atoms with Crippen LogP contribution in [0.1, 0.15) is 43.5 Å². The summed E-state index contributed by atoms with van der Waals surface area (Å²) in [7, 11) is 0. The van der Waals surface area contributed by atoms with Crippen LogP contribution in [0.15, 0.2) is 66.7 Å². The maximum atomic E-state index is 13.2. The molecule has 31 heavy (non-hydrogen) atoms. The molecule has 0 atom stereocenters. The summed E-state index contributed by atoms with van der Waals surface area (Å²) >= 11 is 5.20. The van der Waals surface area contributed by atoms with E-state index in [1.165, 1.54) is 0 Å². The lowest BCUT2D eigenvalue weighted by molar-refractivity contribution is -0.119. The largest absolute Gasteiger partial charge is 0.332 e. The number of amides is 2. The number of rotatable bonds is 7. The van der Waals surface area contributed by atoms with E-state index < -0.39 is 0 Å². The fourth-order valence-corrected chi connectivity index (χ4v) is 3.64. The molecule has 0 bridgehead atoms. The van der Waals surface area contributed by atoms with Gasteiger partial charge in [-0.05, 0) is 61.3 Å². The zero-order valence-corrected chi connectivity index (χ0v) is 18.7. The predicted molar refractivity (Wildman–Crippen MR) is 132 cm³/mol. The topological polar surface area (TPSA) is 61.4 Å². The third kappa shape index (κ3) is 5.67. The number of fused-ring (bicyclic) bond motifs is 1. The Kier molecular flexibility index (Phi) is 7.73. The molecular formula is C25H27N3O2S. The van der Waals surface area contributed by atoms with Gasteiger partial charge >= 0.3 is 0 Å². The van der Waals surface area contributed by atoms with Gasteiger partial charge in [0.1, 0.15) is 0 Å². The van der Waals surface area contributed by atoms with Crippen molar-refractivity contribution in [3.8, 4) is 0 Å². The lowest BCUT2D eigenvalue weighted by Gasteiger charge is -2.23. The predicted octanol–water partition coefficient (Wildman–Crippen LogP) is 5.51. The van der Waals surface area contributed by atoms with Crippen LogP contribution >= 0.6 is 12.2 Å². The van der Waals surface area contributed by atoms with Gasteiger partial charge in [-0.15, -0.1) is 0 Å². The van der Waals surface area contributed by atoms with Crippen molar-refractivity contribution in [2.75, 3.05) is 16.8 Å². The van der Waals surface area contributed by atoms with Gasteiger partial charge in [0, 0.05) is 29.6 Å². The molecule has 2 amide bonds. The Hall–Kier alpha value is -3.25. The van der Waals surface area contributed by atoms with Crippen LogP contribution in [0.25, 0.3) is 10.8 Å². The quantitative estimate of drug-likeness (QED) is 0.482. The average Bonchev–Trinajstić information content (AvgIpc) is 2.78. The molecule has 0 fully saturated rings. The highest BCUT2D eigenvalue weighted by Gasteiger charge is 2.18. The highest BCUT2D eigenvalue weighted by Crippen LogP contribution is 2.28. The third-order valence-electron chi connectivity index (χ3n) is 5.02. The van der Waals surface area contributed by atoms with E-state index in [0.717, 1.165) is 29.3 Å². The first-order chi connectivity index (χ1) is 15.0. The van der Waals surface area contributed by atoms with Gasteiger partial charge in [0.05, 0.1) is 5.69 Å². The molecule has 0 aromatic heterocycles. The van der Waals surface area contributed by atoms with Crippen molar-refractivity contribution in [1.29, 1.82) is 0 Å². The van der Waals surface area contributed by atoms with Crippen LogP contribution in [0.4, 0.5) is 11.4 Å². The number of carbonyl (C=O) groups excluding carboxylic acids is 2. The molecule has 0 saturated heterocycles. The van der Waals surface area contributed by atoms with E-state index in [2.05, 4.69) is 10.6 Å². The van der Waals surface area contributed by atoms with Crippen LogP contribution in [0.2, 0.25) is 0 Å². The van der Waals surface area contributed by atoms with E-state index >= 15 is 0 Å². The fourth-order valence-electron chi connectivity index (χ4n) is 3.41. The fraction of sp³-hybridized carbons (Fsp3) is 0.240. The van der Waals surface area contributed by atoms with E-state index in [4.69, 9.17) is 12.2 Å². The lowest BCUT2D eigenvalue weighted by Crippen LogP contribution is -2.34. The number of hydrogen-bond donors (Lipinski definition) is 2. The molecule has 0 aliphatic carbocycles. The zero-order chi connectivity index (χ0) is 22.2. The first-order valence-electron chi connectivity index (χ1n) is 10.5. The summed E-state index contributed by atoms with van der Waals surface area (Å²) in [6.45, 7) is 4.56. The standard InChI is InChI=1S/C25H27N3O2S/c1-3-5-13-23(29)27-25(31)26-20-16-14-19(15-17-20)24(30)28(4-2)22-12-8-10-18-9-6-7-11-21(18)22/h6-12,14-17H,3-5,13H2,1-2H3,(H2,26,27,29,31). The van der Waals surface area contributed by atoms with E-state index in [1.807, 2.05) is 56.3 Å². The van der Waals surface area contributed by atoms with Crippen LogP contribution in [0.5, 0.6) is 0 Å². The normalized spacial score (nSPS) is 10.5. The van der Waals surface area contributed by atoms with Crippen molar-refractivity contribution < 1.29 is 9.59 Å². The van der Waals surface area contributed by atoms with Gasteiger partial charge in [-0.2, -0.15) is 0 Å². The van der Waals surface area contributed by atoms with E-state index in [-0.39, 0.29) is 16.9 Å². The number of benzene rings is 3. The van der Waals surface area contributed by atoms with E-state index in [9.17, 15) is 9.59 Å². The maximum Gasteiger partial charge on any atom is 0.258 e. The Bertz CT molecular complexity index is 1070. The maximum absolute atomic E-state index is 13.2. The second-order valence-corrected chi connectivity index (χ2v) is 7.64. The molecule has 0 aliphatic rings. The molecule has 0 radical (unpaired) electrons. The Morgan fingerprint density at radius 1 is 0.935 bits per heavy atom. The van der Waals surface area contributed by atoms with Crippen molar-refractivity contribution in [2.24, 2.45) is 0 Å². The van der Waals surface area contributed by atoms with E-state index in [1.54, 1.807) is 29.2 Å². The zero-order valence-electron chi connectivity index (χ0n) is 17.9. The summed E-state index contributed by atoms with van der Waals surface area (Å²) in [6.07, 6.45) is 2.24. The first-order valence-corrected chi connectivity index (χ1v) is 10.9. The number of carbonyl (C=O) groups is 2. The first kappa shape index (κ1) is 22.4. The molecule has 5 nitrogen and oxygen atoms in total. The Morgan fingerprint density at radius 3 is 2.35 bits per heavy atom. The van der Waals surface area contributed by atoms with Crippen molar-refractivity contribution >= 4 is 51.3 Å². The number of anilines is 2. The molecule has 0 spiro atoms. The van der Waals surface area contributed by atoms with Crippen LogP contribution < -0.4 is 15.5 Å². The van der Waals surface area contributed by atoms with Gasteiger partial charge in [-0.25, -0.2) is 0 Å². The summed E-state index contributed by atoms with van der Waals surface area (Å²) in [5.41, 5.74) is 2.19. The Labute approximate surface area is 188 Å². The third-order valence-corrected chi connectivity index (χ3v) is 5.22. The minimum Gasteiger partial charge on any atom is -0.332 e. The van der Waals surface area contributed by atoms with Crippen molar-refractivity contribution in [2.45, 2.75) is 33.1 Å². The molecule has 0 aliphatic heterocycles. The molecule has 0 heterocycles. The van der Waals surface area contributed by atoms with Gasteiger partial charge in [-0.1, -0.05) is 49.7 Å². The summed E-state index contributed by atoms with van der Waals surface area (Å²) in [6, 6.07) is 21.1. The number of thiocarbonyl (C=S) groups is 1. The summed E-state index contributed by atoms with van der Waals surface area (Å²) in [5, 5.41) is 8.06. The average molecular weight is 434 g/mol. The van der Waals surface area contributed by atoms with Gasteiger partial charge in [-0.3, -0.25) is 9.59 Å². The number of unbranched alkanes of at least 4 members (excludes halogenated alkanes) is 1. The number of nitrogens with zero attached hydrogens (tertiary/aromatic N) is 1. The molecule has 0 saturated carbocycles. The van der Waals surface area contributed by atoms with Crippen LogP contribution in [-0.4, -0.2) is 23.5 Å².